The van der Waals surface area contributed by atoms with Crippen LogP contribution in [0.2, 0.25) is 0 Å². The third kappa shape index (κ3) is 3.83. The summed E-state index contributed by atoms with van der Waals surface area (Å²) in [6, 6.07) is 2.44. The van der Waals surface area contributed by atoms with E-state index in [-0.39, 0.29) is 50.3 Å². The number of ketones is 2. The Bertz CT molecular complexity index is 1430. The number of rotatable bonds is 6. The molecule has 232 valence electrons. The zero-order valence-electron chi connectivity index (χ0n) is 24.4. The van der Waals surface area contributed by atoms with Gasteiger partial charge in [-0.3, -0.25) is 14.4 Å². The van der Waals surface area contributed by atoms with Gasteiger partial charge in [0.15, 0.2) is 17.2 Å². The number of likely N-dealkylation sites (tertiary alicyclic amines) is 1. The minimum atomic E-state index is -2.36. The largest absolute Gasteiger partial charge is 0.464 e. The van der Waals surface area contributed by atoms with Crippen LogP contribution in [0.25, 0.3) is 0 Å². The van der Waals surface area contributed by atoms with Crippen molar-refractivity contribution in [1.29, 1.82) is 0 Å². The maximum Gasteiger partial charge on any atom is 0.329 e. The first-order valence-electron chi connectivity index (χ1n) is 14.9. The average molecular weight is 618 g/mol. The monoisotopic (exact) mass is 617 g/mol. The highest BCUT2D eigenvalue weighted by Gasteiger charge is 2.80. The van der Waals surface area contributed by atoms with E-state index >= 15 is 8.78 Å². The molecular weight excluding hydrogens is 580 g/mol. The molecular formula is C32H37F2NO7S. The number of thiophene rings is 1. The first-order valence-corrected chi connectivity index (χ1v) is 15.8. The Balaban J connectivity index is 1.47. The molecule has 3 saturated carbocycles. The summed E-state index contributed by atoms with van der Waals surface area (Å²) in [5, 5.41) is 23.9. The van der Waals surface area contributed by atoms with Gasteiger partial charge in [-0.05, 0) is 73.6 Å². The van der Waals surface area contributed by atoms with Crippen LogP contribution in [-0.2, 0) is 30.3 Å². The maximum atomic E-state index is 17.7. The van der Waals surface area contributed by atoms with Crippen LogP contribution < -0.4 is 0 Å². The van der Waals surface area contributed by atoms with Crippen molar-refractivity contribution in [2.75, 3.05) is 19.8 Å². The van der Waals surface area contributed by atoms with Gasteiger partial charge in [0, 0.05) is 28.7 Å². The average Bonchev–Trinajstić information content (AvgIpc) is 3.65. The maximum absolute atomic E-state index is 17.7. The highest BCUT2D eigenvalue weighted by Crippen LogP contribution is 2.75. The van der Waals surface area contributed by atoms with Crippen molar-refractivity contribution in [3.05, 3.63) is 46.2 Å². The summed E-state index contributed by atoms with van der Waals surface area (Å²) in [5.74, 6) is -4.68. The third-order valence-corrected chi connectivity index (χ3v) is 12.6. The van der Waals surface area contributed by atoms with Gasteiger partial charge in [-0.25, -0.2) is 13.6 Å². The van der Waals surface area contributed by atoms with Crippen molar-refractivity contribution < 1.29 is 42.9 Å². The standard InChI is InChI=1S/C32H37F2NO7S/c1-4-42-28(41)27-22-12-19-20-13-23(33)21-10-17(37)7-8-29(21,2)32(20,34)24(38)14-30(19,3)31(22,25(39)15-36)16-35(27)26(40)11-18-6-5-9-43-18/h5-10,19-20,22-24,27,36,38H,4,11-16H2,1-3H3/t19-,20?,22-,23-,24-,27?,29-,30-,31+,32-/m0/s1. The molecule has 5 aliphatic rings. The van der Waals surface area contributed by atoms with Crippen LogP contribution in [-0.4, -0.2) is 82.3 Å². The number of esters is 1. The second-order valence-electron chi connectivity index (χ2n) is 13.2. The van der Waals surface area contributed by atoms with E-state index in [0.29, 0.717) is 0 Å². The minimum absolute atomic E-state index is 0.00417. The van der Waals surface area contributed by atoms with Gasteiger partial charge in [0.05, 0.1) is 24.5 Å². The number of hydrogen-bond donors (Lipinski definition) is 2. The molecule has 11 heteroatoms. The van der Waals surface area contributed by atoms with Crippen molar-refractivity contribution in [3.63, 3.8) is 0 Å². The van der Waals surface area contributed by atoms with Crippen molar-refractivity contribution >= 4 is 34.8 Å². The number of ether oxygens (including phenoxy) is 1. The molecule has 4 aliphatic carbocycles. The summed E-state index contributed by atoms with van der Waals surface area (Å²) in [4.78, 5) is 55.6. The van der Waals surface area contributed by atoms with Gasteiger partial charge in [-0.1, -0.05) is 19.1 Å². The molecule has 1 aromatic heterocycles. The number of Topliss-reactive ketones (excluding diaryl/α,β-unsaturated/α-hetero) is 1. The quantitative estimate of drug-likeness (QED) is 0.471. The summed E-state index contributed by atoms with van der Waals surface area (Å²) in [6.07, 6.45) is -0.0489. The van der Waals surface area contributed by atoms with E-state index in [4.69, 9.17) is 4.74 Å². The molecule has 2 unspecified atom stereocenters. The lowest BCUT2D eigenvalue weighted by Crippen LogP contribution is -2.69. The van der Waals surface area contributed by atoms with E-state index < -0.39 is 82.1 Å². The van der Waals surface area contributed by atoms with Crippen LogP contribution in [0.1, 0.15) is 44.9 Å². The minimum Gasteiger partial charge on any atom is -0.464 e. The first kappa shape index (κ1) is 30.3. The molecule has 0 bridgehead atoms. The third-order valence-electron chi connectivity index (χ3n) is 11.7. The molecule has 1 aliphatic heterocycles. The van der Waals surface area contributed by atoms with E-state index in [1.54, 1.807) is 19.9 Å². The number of halogens is 2. The summed E-state index contributed by atoms with van der Waals surface area (Å²) < 4.78 is 39.0. The number of fused-ring (bicyclic) bond motifs is 7. The number of alkyl halides is 2. The van der Waals surface area contributed by atoms with Crippen LogP contribution in [0, 0.1) is 34.0 Å². The van der Waals surface area contributed by atoms with E-state index in [2.05, 4.69) is 0 Å². The molecule has 43 heavy (non-hydrogen) atoms. The number of nitrogens with zero attached hydrogens (tertiary/aromatic N) is 1. The zero-order valence-corrected chi connectivity index (χ0v) is 25.2. The molecule has 6 rings (SSSR count). The Morgan fingerprint density at radius 1 is 1.19 bits per heavy atom. The second kappa shape index (κ2) is 10.1. The number of amides is 1. The lowest BCUT2D eigenvalue weighted by atomic mass is 9.43. The lowest BCUT2D eigenvalue weighted by molar-refractivity contribution is -0.212. The smallest absolute Gasteiger partial charge is 0.329 e. The van der Waals surface area contributed by atoms with Gasteiger partial charge in [0.25, 0.3) is 0 Å². The van der Waals surface area contributed by atoms with E-state index in [0.717, 1.165) is 11.0 Å². The molecule has 0 spiro atoms. The van der Waals surface area contributed by atoms with Crippen molar-refractivity contribution in [1.82, 2.24) is 4.90 Å². The Morgan fingerprint density at radius 2 is 1.93 bits per heavy atom. The molecule has 0 aromatic carbocycles. The fourth-order valence-electron chi connectivity index (χ4n) is 9.86. The number of carbonyl (C=O) groups is 4. The normalized spacial score (nSPS) is 42.9. The fraction of sp³-hybridized carbons (Fsp3) is 0.625. The molecule has 1 saturated heterocycles. The summed E-state index contributed by atoms with van der Waals surface area (Å²) in [6.45, 7) is 3.86. The Kier molecular flexibility index (Phi) is 7.14. The number of aliphatic hydroxyl groups excluding tert-OH is 2. The summed E-state index contributed by atoms with van der Waals surface area (Å²) >= 11 is 1.39. The Labute approximate surface area is 252 Å². The van der Waals surface area contributed by atoms with Crippen LogP contribution in [0.4, 0.5) is 8.78 Å². The van der Waals surface area contributed by atoms with E-state index in [9.17, 15) is 29.4 Å². The molecule has 8 nitrogen and oxygen atoms in total. The van der Waals surface area contributed by atoms with Gasteiger partial charge in [-0.15, -0.1) is 11.3 Å². The van der Waals surface area contributed by atoms with Crippen LogP contribution in [0.5, 0.6) is 0 Å². The Morgan fingerprint density at radius 3 is 2.58 bits per heavy atom. The second-order valence-corrected chi connectivity index (χ2v) is 14.3. The molecule has 4 fully saturated rings. The van der Waals surface area contributed by atoms with Gasteiger partial charge in [-0.2, -0.15) is 0 Å². The Hall–Kier alpha value is -2.76. The van der Waals surface area contributed by atoms with Gasteiger partial charge < -0.3 is 19.8 Å². The highest BCUT2D eigenvalue weighted by atomic mass is 32.1. The highest BCUT2D eigenvalue weighted by molar-refractivity contribution is 7.10. The fourth-order valence-corrected chi connectivity index (χ4v) is 10.6. The number of allylic oxidation sites excluding steroid dienone is 4. The zero-order chi connectivity index (χ0) is 31.1. The van der Waals surface area contributed by atoms with Crippen molar-refractivity contribution in [2.45, 2.75) is 70.4 Å². The lowest BCUT2D eigenvalue weighted by Gasteiger charge is -2.63. The predicted octanol–water partition coefficient (Wildman–Crippen LogP) is 3.16. The SMILES string of the molecule is CCOC(=O)C1[C@@H]2C[C@H]3C4C[C@H](F)C5=CC(=O)C=C[C@]5(C)[C@@]4(F)[C@@H](O)C[C@]3(C)[C@]2(C(=O)CO)CN1C(=O)Cc1cccs1. The van der Waals surface area contributed by atoms with Gasteiger partial charge in [0.2, 0.25) is 5.91 Å². The molecule has 1 aromatic rings. The molecule has 10 atom stereocenters. The van der Waals surface area contributed by atoms with Crippen LogP contribution in [0.3, 0.4) is 0 Å². The number of carbonyl (C=O) groups excluding carboxylic acids is 4. The van der Waals surface area contributed by atoms with Crippen LogP contribution in [0.15, 0.2) is 41.3 Å². The van der Waals surface area contributed by atoms with Gasteiger partial charge >= 0.3 is 5.97 Å². The van der Waals surface area contributed by atoms with E-state index in [1.807, 2.05) is 11.4 Å². The predicted molar refractivity (Wildman–Crippen MR) is 152 cm³/mol. The van der Waals surface area contributed by atoms with Crippen molar-refractivity contribution in [2.24, 2.45) is 34.0 Å². The number of aliphatic hydroxyl groups is 2. The van der Waals surface area contributed by atoms with Crippen molar-refractivity contribution in [3.8, 4) is 0 Å². The molecule has 1 amide bonds. The summed E-state index contributed by atoms with van der Waals surface area (Å²) in [7, 11) is 0. The van der Waals surface area contributed by atoms with Gasteiger partial charge in [0.1, 0.15) is 18.8 Å². The number of hydrogen-bond acceptors (Lipinski definition) is 8. The van der Waals surface area contributed by atoms with E-state index in [1.165, 1.54) is 35.3 Å². The molecule has 0 radical (unpaired) electrons. The van der Waals surface area contributed by atoms with Crippen LogP contribution >= 0.6 is 11.3 Å². The topological polar surface area (TPSA) is 121 Å². The first-order chi connectivity index (χ1) is 20.3. The molecule has 2 N–H and O–H groups in total. The molecule has 2 heterocycles. The summed E-state index contributed by atoms with van der Waals surface area (Å²) in [5.41, 5.74) is -6.66.